The van der Waals surface area contributed by atoms with E-state index in [1.807, 2.05) is 30.3 Å². The summed E-state index contributed by atoms with van der Waals surface area (Å²) in [7, 11) is 0. The van der Waals surface area contributed by atoms with Crippen molar-refractivity contribution in [2.75, 3.05) is 0 Å². The molecule has 106 valence electrons. The summed E-state index contributed by atoms with van der Waals surface area (Å²) in [6, 6.07) is 11.1. The molecule has 0 aliphatic carbocycles. The molecule has 4 nitrogen and oxygen atoms in total. The van der Waals surface area contributed by atoms with Gasteiger partial charge in [-0.2, -0.15) is 0 Å². The number of oxazole rings is 1. The highest BCUT2D eigenvalue weighted by molar-refractivity contribution is 9.11. The molecule has 3 rings (SSSR count). The van der Waals surface area contributed by atoms with Gasteiger partial charge in [0.15, 0.2) is 5.58 Å². The normalized spacial score (nSPS) is 12.0. The number of nitrogens with zero attached hydrogens (tertiary/aromatic N) is 1. The van der Waals surface area contributed by atoms with Crippen molar-refractivity contribution in [2.24, 2.45) is 0 Å². The van der Waals surface area contributed by atoms with E-state index >= 15 is 0 Å². The van der Waals surface area contributed by atoms with Crippen molar-refractivity contribution in [3.05, 3.63) is 50.0 Å². The van der Waals surface area contributed by atoms with Gasteiger partial charge in [-0.25, -0.2) is 9.78 Å². The minimum absolute atomic E-state index is 0.163. The van der Waals surface area contributed by atoms with E-state index in [1.54, 1.807) is 12.1 Å². The van der Waals surface area contributed by atoms with Crippen LogP contribution in [0.1, 0.15) is 4.88 Å². The van der Waals surface area contributed by atoms with Crippen molar-refractivity contribution in [1.29, 1.82) is 0 Å². The summed E-state index contributed by atoms with van der Waals surface area (Å²) in [6.45, 7) is 0. The molecule has 2 heterocycles. The predicted octanol–water partition coefficient (Wildman–Crippen LogP) is 4.87. The number of carboxylic acids is 1. The zero-order valence-corrected chi connectivity index (χ0v) is 13.7. The summed E-state index contributed by atoms with van der Waals surface area (Å²) in [5.74, 6) is -1.01. The highest BCUT2D eigenvalue weighted by atomic mass is 79.9. The largest absolute Gasteiger partial charge is 0.477 e. The van der Waals surface area contributed by atoms with Crippen LogP contribution in [0, 0.1) is 0 Å². The summed E-state index contributed by atoms with van der Waals surface area (Å²) in [6.07, 6.45) is 1.61. The minimum atomic E-state index is -1.01. The van der Waals surface area contributed by atoms with Gasteiger partial charge in [0, 0.05) is 4.88 Å². The fraction of sp³-hybridized carbons (Fsp3) is 0. The van der Waals surface area contributed by atoms with E-state index in [0.717, 1.165) is 20.4 Å². The Hall–Kier alpha value is -1.57. The van der Waals surface area contributed by atoms with E-state index in [1.165, 1.54) is 11.3 Å². The molecular weight excluding hydrogens is 374 g/mol. The molecule has 0 aliphatic heterocycles. The molecule has 0 bridgehead atoms. The van der Waals surface area contributed by atoms with E-state index in [0.29, 0.717) is 16.3 Å². The molecule has 3 aromatic rings. The number of para-hydroxylation sites is 2. The number of thiophene rings is 1. The van der Waals surface area contributed by atoms with Crippen LogP contribution < -0.4 is 0 Å². The summed E-state index contributed by atoms with van der Waals surface area (Å²) < 4.78 is 6.48. The molecule has 1 N–H and O–H groups in total. The fourth-order valence-electron chi connectivity index (χ4n) is 1.66. The number of hydrogen-bond acceptors (Lipinski definition) is 5. The maximum atomic E-state index is 11.4. The fourth-order valence-corrected chi connectivity index (χ4v) is 3.84. The van der Waals surface area contributed by atoms with Crippen LogP contribution in [0.4, 0.5) is 0 Å². The highest BCUT2D eigenvalue weighted by Crippen LogP contribution is 2.32. The Morgan fingerprint density at radius 2 is 2.14 bits per heavy atom. The van der Waals surface area contributed by atoms with E-state index in [-0.39, 0.29) is 4.91 Å². The highest BCUT2D eigenvalue weighted by Gasteiger charge is 2.15. The van der Waals surface area contributed by atoms with Crippen LogP contribution in [0.3, 0.4) is 0 Å². The minimum Gasteiger partial charge on any atom is -0.477 e. The van der Waals surface area contributed by atoms with Crippen molar-refractivity contribution in [3.63, 3.8) is 0 Å². The van der Waals surface area contributed by atoms with Gasteiger partial charge in [0.1, 0.15) is 10.4 Å². The zero-order chi connectivity index (χ0) is 14.8. The molecule has 0 unspecified atom stereocenters. The Morgan fingerprint density at radius 1 is 1.33 bits per heavy atom. The number of aromatic nitrogens is 1. The molecule has 0 spiro atoms. The third-order valence-electron chi connectivity index (χ3n) is 2.55. The maximum Gasteiger partial charge on any atom is 0.342 e. The zero-order valence-electron chi connectivity index (χ0n) is 10.4. The number of halogens is 1. The van der Waals surface area contributed by atoms with E-state index in [9.17, 15) is 9.90 Å². The molecule has 0 radical (unpaired) electrons. The van der Waals surface area contributed by atoms with Crippen LogP contribution >= 0.6 is 39.0 Å². The van der Waals surface area contributed by atoms with Gasteiger partial charge < -0.3 is 9.52 Å². The van der Waals surface area contributed by atoms with E-state index in [2.05, 4.69) is 20.9 Å². The molecule has 0 saturated heterocycles. The van der Waals surface area contributed by atoms with Crippen molar-refractivity contribution < 1.29 is 14.3 Å². The predicted molar refractivity (Wildman–Crippen MR) is 87.5 cm³/mol. The first-order valence-corrected chi connectivity index (χ1v) is 8.28. The van der Waals surface area contributed by atoms with Crippen molar-refractivity contribution in [1.82, 2.24) is 4.98 Å². The number of fused-ring (bicyclic) bond motifs is 1. The Kier molecular flexibility index (Phi) is 4.14. The average Bonchev–Trinajstić information content (AvgIpc) is 3.03. The summed E-state index contributed by atoms with van der Waals surface area (Å²) in [5.41, 5.74) is 1.35. The topological polar surface area (TPSA) is 63.3 Å². The first-order valence-electron chi connectivity index (χ1n) is 5.85. The first-order chi connectivity index (χ1) is 10.1. The van der Waals surface area contributed by atoms with Crippen LogP contribution in [0.15, 0.2) is 54.7 Å². The summed E-state index contributed by atoms with van der Waals surface area (Å²) in [5, 5.41) is 9.63. The smallest absolute Gasteiger partial charge is 0.342 e. The van der Waals surface area contributed by atoms with E-state index in [4.69, 9.17) is 4.42 Å². The summed E-state index contributed by atoms with van der Waals surface area (Å²) in [4.78, 5) is 16.6. The van der Waals surface area contributed by atoms with Gasteiger partial charge in [-0.15, -0.1) is 11.3 Å². The molecule has 0 aliphatic rings. The third-order valence-corrected chi connectivity index (χ3v) is 4.98. The summed E-state index contributed by atoms with van der Waals surface area (Å²) >= 11 is 5.82. The monoisotopic (exact) mass is 381 g/mol. The lowest BCUT2D eigenvalue weighted by atomic mass is 10.3. The van der Waals surface area contributed by atoms with Gasteiger partial charge in [-0.1, -0.05) is 12.1 Å². The van der Waals surface area contributed by atoms with Crippen LogP contribution in [0.25, 0.3) is 17.2 Å². The number of benzene rings is 1. The van der Waals surface area contributed by atoms with Gasteiger partial charge in [0.2, 0.25) is 0 Å². The molecule has 7 heteroatoms. The van der Waals surface area contributed by atoms with E-state index < -0.39 is 5.97 Å². The molecular formula is C14H8BrNO3S2. The quantitative estimate of drug-likeness (QED) is 0.515. The van der Waals surface area contributed by atoms with Gasteiger partial charge >= 0.3 is 5.97 Å². The Balaban J connectivity index is 1.91. The SMILES string of the molecule is O=C(O)/C(=C\c1ccc(Br)s1)Sc1nc2ccccc2o1. The first kappa shape index (κ1) is 14.4. The second-order valence-electron chi connectivity index (χ2n) is 4.01. The molecule has 2 aromatic heterocycles. The second kappa shape index (κ2) is 6.05. The molecule has 21 heavy (non-hydrogen) atoms. The molecule has 0 amide bonds. The Bertz CT molecular complexity index is 804. The van der Waals surface area contributed by atoms with Crippen molar-refractivity contribution >= 4 is 62.2 Å². The maximum absolute atomic E-state index is 11.4. The number of rotatable bonds is 4. The van der Waals surface area contributed by atoms with Crippen molar-refractivity contribution in [3.8, 4) is 0 Å². The Morgan fingerprint density at radius 3 is 2.81 bits per heavy atom. The number of aliphatic carboxylic acids is 1. The van der Waals surface area contributed by atoms with Crippen LogP contribution in [0.5, 0.6) is 0 Å². The van der Waals surface area contributed by atoms with Gasteiger partial charge in [0.25, 0.3) is 5.22 Å². The Labute approximate surface area is 136 Å². The lowest BCUT2D eigenvalue weighted by Crippen LogP contribution is -1.96. The van der Waals surface area contributed by atoms with Crippen molar-refractivity contribution in [2.45, 2.75) is 5.22 Å². The third kappa shape index (κ3) is 3.37. The molecule has 0 saturated carbocycles. The van der Waals surface area contributed by atoms with Gasteiger partial charge in [0.05, 0.1) is 3.79 Å². The van der Waals surface area contributed by atoms with Gasteiger partial charge in [-0.3, -0.25) is 0 Å². The molecule has 0 fully saturated rings. The lowest BCUT2D eigenvalue weighted by Gasteiger charge is -1.97. The standard InChI is InChI=1S/C14H8BrNO3S2/c15-12-6-5-8(20-12)7-11(13(17)18)21-14-16-9-3-1-2-4-10(9)19-14/h1-7H,(H,17,18)/b11-7+. The average molecular weight is 382 g/mol. The number of carboxylic acid groups (broad SMARTS) is 1. The number of hydrogen-bond donors (Lipinski definition) is 1. The van der Waals surface area contributed by atoms with Crippen LogP contribution in [-0.2, 0) is 4.79 Å². The second-order valence-corrected chi connectivity index (χ2v) is 7.49. The lowest BCUT2D eigenvalue weighted by molar-refractivity contribution is -0.131. The van der Waals surface area contributed by atoms with Gasteiger partial charge in [-0.05, 0) is 58.0 Å². The molecule has 1 aromatic carbocycles. The van der Waals surface area contributed by atoms with Crippen LogP contribution in [-0.4, -0.2) is 16.1 Å². The number of thioether (sulfide) groups is 1. The number of carbonyl (C=O) groups is 1. The molecule has 0 atom stereocenters. The van der Waals surface area contributed by atoms with Crippen LogP contribution in [0.2, 0.25) is 0 Å².